The van der Waals surface area contributed by atoms with Crippen LogP contribution in [0.5, 0.6) is 0 Å². The molecule has 2 heterocycles. The van der Waals surface area contributed by atoms with Gasteiger partial charge in [-0.3, -0.25) is 4.79 Å². The lowest BCUT2D eigenvalue weighted by Crippen LogP contribution is -3.15. The van der Waals surface area contributed by atoms with Crippen molar-refractivity contribution in [2.24, 2.45) is 0 Å². The molecule has 2 aromatic rings. The molecule has 0 unspecified atom stereocenters. The maximum Gasteiger partial charge on any atom is 0.279 e. The molecule has 0 spiro atoms. The Morgan fingerprint density at radius 1 is 1.19 bits per heavy atom. The van der Waals surface area contributed by atoms with E-state index in [1.165, 1.54) is 21.2 Å². The summed E-state index contributed by atoms with van der Waals surface area (Å²) in [5, 5.41) is 4.80. The Morgan fingerprint density at radius 2 is 1.81 bits per heavy atom. The van der Waals surface area contributed by atoms with Gasteiger partial charge in [-0.15, -0.1) is 11.3 Å². The zero-order valence-electron chi connectivity index (χ0n) is 15.9. The molecule has 0 aliphatic carbocycles. The standard InChI is InChI=1S/C19H25N3O3S2/c1-14-11-15(2)19(16(3)12-14)20-17(23)13-21-6-8-22(9-7-21)27(24,25)18-5-4-10-26-18/h4-5,10-12H,6-9,13H2,1-3H3,(H,20,23)/p+1. The number of carbonyl (C=O) groups is 1. The molecule has 1 amide bonds. The molecular formula is C19H26N3O3S2+. The lowest BCUT2D eigenvalue weighted by atomic mass is 10.1. The summed E-state index contributed by atoms with van der Waals surface area (Å²) in [6.07, 6.45) is 0. The number of thiophene rings is 1. The van der Waals surface area contributed by atoms with E-state index in [9.17, 15) is 13.2 Å². The number of piperazine rings is 1. The largest absolute Gasteiger partial charge is 0.325 e. The zero-order valence-corrected chi connectivity index (χ0v) is 17.5. The first-order valence-electron chi connectivity index (χ1n) is 9.02. The summed E-state index contributed by atoms with van der Waals surface area (Å²) in [5.41, 5.74) is 4.17. The highest BCUT2D eigenvalue weighted by molar-refractivity contribution is 7.91. The van der Waals surface area contributed by atoms with E-state index >= 15 is 0 Å². The topological polar surface area (TPSA) is 70.9 Å². The van der Waals surface area contributed by atoms with Crippen molar-refractivity contribution in [1.82, 2.24) is 4.31 Å². The Kier molecular flexibility index (Phi) is 6.00. The molecule has 0 bridgehead atoms. The number of nitrogens with zero attached hydrogens (tertiary/aromatic N) is 1. The molecule has 3 rings (SSSR count). The number of carbonyl (C=O) groups excluding carboxylic acids is 1. The highest BCUT2D eigenvalue weighted by Gasteiger charge is 2.31. The second kappa shape index (κ2) is 8.10. The Hall–Kier alpha value is -1.74. The van der Waals surface area contributed by atoms with Crippen molar-refractivity contribution < 1.29 is 18.1 Å². The molecule has 146 valence electrons. The van der Waals surface area contributed by atoms with Crippen LogP contribution < -0.4 is 10.2 Å². The van der Waals surface area contributed by atoms with Crippen LogP contribution >= 0.6 is 11.3 Å². The number of hydrogen-bond donors (Lipinski definition) is 2. The summed E-state index contributed by atoms with van der Waals surface area (Å²) < 4.78 is 27.0. The van der Waals surface area contributed by atoms with E-state index < -0.39 is 10.0 Å². The maximum atomic E-state index is 12.6. The summed E-state index contributed by atoms with van der Waals surface area (Å²) in [6.45, 7) is 8.51. The summed E-state index contributed by atoms with van der Waals surface area (Å²) in [5.74, 6) is -0.0328. The minimum atomic E-state index is -3.40. The third kappa shape index (κ3) is 4.57. The average Bonchev–Trinajstić information content (AvgIpc) is 3.14. The summed E-state index contributed by atoms with van der Waals surface area (Å²) >= 11 is 1.24. The molecule has 8 heteroatoms. The Balaban J connectivity index is 1.56. The Labute approximate surface area is 164 Å². The van der Waals surface area contributed by atoms with Crippen LogP contribution in [0.3, 0.4) is 0 Å². The van der Waals surface area contributed by atoms with Gasteiger partial charge in [-0.25, -0.2) is 8.42 Å². The molecule has 1 fully saturated rings. The SMILES string of the molecule is Cc1cc(C)c(NC(=O)C[NH+]2CCN(S(=O)(=O)c3cccs3)CC2)c(C)c1. The van der Waals surface area contributed by atoms with Crippen molar-refractivity contribution in [3.8, 4) is 0 Å². The minimum Gasteiger partial charge on any atom is -0.325 e. The summed E-state index contributed by atoms with van der Waals surface area (Å²) in [4.78, 5) is 13.6. The van der Waals surface area contributed by atoms with Gasteiger partial charge in [0.1, 0.15) is 4.21 Å². The molecular weight excluding hydrogens is 382 g/mol. The van der Waals surface area contributed by atoms with Gasteiger partial charge in [-0.2, -0.15) is 4.31 Å². The zero-order chi connectivity index (χ0) is 19.6. The predicted octanol–water partition coefficient (Wildman–Crippen LogP) is 1.20. The van der Waals surface area contributed by atoms with E-state index in [1.54, 1.807) is 17.5 Å². The Morgan fingerprint density at radius 3 is 2.37 bits per heavy atom. The van der Waals surface area contributed by atoms with Crippen LogP contribution in [0.2, 0.25) is 0 Å². The number of hydrogen-bond acceptors (Lipinski definition) is 4. The van der Waals surface area contributed by atoms with Gasteiger partial charge in [0.25, 0.3) is 15.9 Å². The van der Waals surface area contributed by atoms with Gasteiger partial charge < -0.3 is 10.2 Å². The molecule has 1 aromatic carbocycles. The van der Waals surface area contributed by atoms with Crippen LogP contribution in [-0.2, 0) is 14.8 Å². The molecule has 6 nitrogen and oxygen atoms in total. The minimum absolute atomic E-state index is 0.0328. The van der Waals surface area contributed by atoms with Crippen molar-refractivity contribution >= 4 is 33.0 Å². The van der Waals surface area contributed by atoms with Crippen LogP contribution in [0, 0.1) is 20.8 Å². The van der Waals surface area contributed by atoms with Gasteiger partial charge >= 0.3 is 0 Å². The quantitative estimate of drug-likeness (QED) is 0.781. The first-order chi connectivity index (χ1) is 12.8. The number of benzene rings is 1. The smallest absolute Gasteiger partial charge is 0.279 e. The molecule has 1 aliphatic heterocycles. The van der Waals surface area contributed by atoms with E-state index in [0.717, 1.165) is 21.7 Å². The monoisotopic (exact) mass is 408 g/mol. The lowest BCUT2D eigenvalue weighted by molar-refractivity contribution is -0.895. The van der Waals surface area contributed by atoms with E-state index in [0.29, 0.717) is 36.9 Å². The molecule has 0 radical (unpaired) electrons. The highest BCUT2D eigenvalue weighted by Crippen LogP contribution is 2.22. The number of quaternary nitrogens is 1. The average molecular weight is 409 g/mol. The van der Waals surface area contributed by atoms with E-state index in [-0.39, 0.29) is 5.91 Å². The summed E-state index contributed by atoms with van der Waals surface area (Å²) in [7, 11) is -3.40. The van der Waals surface area contributed by atoms with Crippen molar-refractivity contribution in [2.45, 2.75) is 25.0 Å². The fourth-order valence-corrected chi connectivity index (χ4v) is 6.13. The maximum absolute atomic E-state index is 12.6. The molecule has 0 saturated carbocycles. The fraction of sp³-hybridized carbons (Fsp3) is 0.421. The lowest BCUT2D eigenvalue weighted by Gasteiger charge is -2.30. The van der Waals surface area contributed by atoms with Crippen LogP contribution in [0.15, 0.2) is 33.9 Å². The second-order valence-corrected chi connectivity index (χ2v) is 10.2. The predicted molar refractivity (Wildman–Crippen MR) is 108 cm³/mol. The van der Waals surface area contributed by atoms with Gasteiger partial charge in [0.15, 0.2) is 6.54 Å². The van der Waals surface area contributed by atoms with E-state index in [1.807, 2.05) is 20.8 Å². The molecule has 2 N–H and O–H groups in total. The third-order valence-electron chi connectivity index (χ3n) is 4.87. The number of aryl methyl sites for hydroxylation is 3. The number of amides is 1. The fourth-order valence-electron chi connectivity index (χ4n) is 3.54. The molecule has 27 heavy (non-hydrogen) atoms. The van der Waals surface area contributed by atoms with Gasteiger partial charge in [-0.05, 0) is 43.3 Å². The van der Waals surface area contributed by atoms with Gasteiger partial charge in [0, 0.05) is 5.69 Å². The van der Waals surface area contributed by atoms with Gasteiger partial charge in [0.05, 0.1) is 26.2 Å². The van der Waals surface area contributed by atoms with E-state index in [2.05, 4.69) is 17.4 Å². The summed E-state index contributed by atoms with van der Waals surface area (Å²) in [6, 6.07) is 7.50. The van der Waals surface area contributed by atoms with Gasteiger partial charge in [-0.1, -0.05) is 23.8 Å². The van der Waals surface area contributed by atoms with Crippen molar-refractivity contribution in [3.05, 3.63) is 46.3 Å². The van der Waals surface area contributed by atoms with E-state index in [4.69, 9.17) is 0 Å². The molecule has 0 atom stereocenters. The van der Waals surface area contributed by atoms with Gasteiger partial charge in [0.2, 0.25) is 0 Å². The van der Waals surface area contributed by atoms with Crippen molar-refractivity contribution in [1.29, 1.82) is 0 Å². The molecule has 1 aliphatic rings. The first-order valence-corrected chi connectivity index (χ1v) is 11.3. The van der Waals surface area contributed by atoms with Crippen LogP contribution in [0.1, 0.15) is 16.7 Å². The highest BCUT2D eigenvalue weighted by atomic mass is 32.2. The number of anilines is 1. The van der Waals surface area contributed by atoms with Crippen LogP contribution in [0.4, 0.5) is 5.69 Å². The number of rotatable bonds is 5. The second-order valence-electron chi connectivity index (χ2n) is 7.08. The van der Waals surface area contributed by atoms with Crippen molar-refractivity contribution in [3.63, 3.8) is 0 Å². The third-order valence-corrected chi connectivity index (χ3v) is 8.14. The Bertz CT molecular complexity index is 893. The number of nitrogens with one attached hydrogen (secondary N) is 2. The van der Waals surface area contributed by atoms with Crippen LogP contribution in [0.25, 0.3) is 0 Å². The molecule has 1 saturated heterocycles. The van der Waals surface area contributed by atoms with Crippen LogP contribution in [-0.4, -0.2) is 51.4 Å². The first kappa shape index (κ1) is 20.0. The molecule has 1 aromatic heterocycles. The normalized spacial score (nSPS) is 16.4. The number of sulfonamides is 1. The van der Waals surface area contributed by atoms with Crippen molar-refractivity contribution in [2.75, 3.05) is 38.0 Å².